The molecule has 2 aromatic rings. The van der Waals surface area contributed by atoms with Crippen LogP contribution < -0.4 is 10.1 Å². The van der Waals surface area contributed by atoms with Crippen molar-refractivity contribution in [1.29, 1.82) is 0 Å². The summed E-state index contributed by atoms with van der Waals surface area (Å²) in [6, 6.07) is 8.80. The molecule has 2 heterocycles. The molecule has 1 aliphatic heterocycles. The highest BCUT2D eigenvalue weighted by atomic mass is 32.1. The monoisotopic (exact) mass is 401 g/mol. The zero-order chi connectivity index (χ0) is 19.5. The fraction of sp³-hybridized carbons (Fsp3) is 0.524. The topological polar surface area (TPSA) is 74.7 Å². The van der Waals surface area contributed by atoms with E-state index < -0.39 is 6.09 Å². The summed E-state index contributed by atoms with van der Waals surface area (Å²) < 4.78 is 5.90. The first kappa shape index (κ1) is 19.2. The molecular formula is C21H27N3O3S. The molecule has 0 saturated carbocycles. The van der Waals surface area contributed by atoms with Gasteiger partial charge in [-0.3, -0.25) is 0 Å². The number of fused-ring (bicyclic) bond motifs is 1. The highest BCUT2D eigenvalue weighted by Gasteiger charge is 2.27. The van der Waals surface area contributed by atoms with Crippen LogP contribution in [0.5, 0.6) is 5.75 Å². The molecule has 150 valence electrons. The van der Waals surface area contributed by atoms with Gasteiger partial charge >= 0.3 is 6.09 Å². The van der Waals surface area contributed by atoms with E-state index in [1.807, 2.05) is 12.1 Å². The van der Waals surface area contributed by atoms with Gasteiger partial charge in [-0.1, -0.05) is 0 Å². The molecule has 2 N–H and O–H groups in total. The lowest BCUT2D eigenvalue weighted by Gasteiger charge is -2.20. The van der Waals surface area contributed by atoms with Crippen molar-refractivity contribution in [2.45, 2.75) is 51.1 Å². The van der Waals surface area contributed by atoms with Gasteiger partial charge in [0.05, 0.1) is 12.3 Å². The van der Waals surface area contributed by atoms with E-state index in [2.05, 4.69) is 29.3 Å². The summed E-state index contributed by atoms with van der Waals surface area (Å²) in [5, 5.41) is 12.4. The number of nitrogens with one attached hydrogen (secondary N) is 1. The Morgan fingerprint density at radius 2 is 2.18 bits per heavy atom. The van der Waals surface area contributed by atoms with Crippen LogP contribution in [-0.4, -0.2) is 52.9 Å². The van der Waals surface area contributed by atoms with Crippen LogP contribution in [0.2, 0.25) is 0 Å². The Morgan fingerprint density at radius 1 is 1.36 bits per heavy atom. The first-order valence-corrected chi connectivity index (χ1v) is 10.9. The molecule has 0 radical (unpaired) electrons. The molecule has 0 spiro atoms. The van der Waals surface area contributed by atoms with Crippen LogP contribution in [0.25, 0.3) is 10.6 Å². The Hall–Kier alpha value is -2.12. The first-order valence-electron chi connectivity index (χ1n) is 10.0. The van der Waals surface area contributed by atoms with E-state index in [1.54, 1.807) is 11.3 Å². The SMILES string of the molecule is CC1CCCN1CCCOc1ccc(-c2nc3c(s2)CC(NC(=O)O)C3)cc1. The molecule has 1 aromatic carbocycles. The van der Waals surface area contributed by atoms with Crippen LogP contribution in [0.3, 0.4) is 0 Å². The fourth-order valence-corrected chi connectivity index (χ4v) is 5.28. The second-order valence-electron chi connectivity index (χ2n) is 7.70. The largest absolute Gasteiger partial charge is 0.494 e. The third-order valence-electron chi connectivity index (χ3n) is 5.63. The predicted molar refractivity (Wildman–Crippen MR) is 110 cm³/mol. The summed E-state index contributed by atoms with van der Waals surface area (Å²) in [5.41, 5.74) is 2.11. The van der Waals surface area contributed by atoms with Crippen LogP contribution in [0.1, 0.15) is 36.8 Å². The third-order valence-corrected chi connectivity index (χ3v) is 6.80. The third kappa shape index (κ3) is 4.47. The Bertz CT molecular complexity index is 797. The summed E-state index contributed by atoms with van der Waals surface area (Å²) >= 11 is 1.66. The molecule has 2 unspecified atom stereocenters. The number of ether oxygens (including phenoxy) is 1. The quantitative estimate of drug-likeness (QED) is 0.691. The molecule has 6 nitrogen and oxygen atoms in total. The summed E-state index contributed by atoms with van der Waals surface area (Å²) in [4.78, 5) is 19.2. The van der Waals surface area contributed by atoms with Gasteiger partial charge in [-0.2, -0.15) is 0 Å². The van der Waals surface area contributed by atoms with Gasteiger partial charge in [-0.15, -0.1) is 11.3 Å². The second-order valence-corrected chi connectivity index (χ2v) is 8.78. The number of thiazole rings is 1. The lowest BCUT2D eigenvalue weighted by molar-refractivity contribution is 0.190. The van der Waals surface area contributed by atoms with Crippen molar-refractivity contribution >= 4 is 17.4 Å². The summed E-state index contributed by atoms with van der Waals surface area (Å²) in [6.45, 7) is 5.39. The van der Waals surface area contributed by atoms with Gasteiger partial charge in [-0.05, 0) is 57.0 Å². The minimum atomic E-state index is -0.967. The molecule has 2 aliphatic rings. The molecule has 4 rings (SSSR count). The smallest absolute Gasteiger partial charge is 0.404 e. The van der Waals surface area contributed by atoms with Gasteiger partial charge in [0.25, 0.3) is 0 Å². The summed E-state index contributed by atoms with van der Waals surface area (Å²) in [5.74, 6) is 0.896. The average Bonchev–Trinajstić information content (AvgIpc) is 3.34. The molecule has 1 amide bonds. The van der Waals surface area contributed by atoms with Gasteiger partial charge in [0.2, 0.25) is 0 Å². The molecule has 28 heavy (non-hydrogen) atoms. The highest BCUT2D eigenvalue weighted by Crippen LogP contribution is 2.34. The molecular weight excluding hydrogens is 374 g/mol. The van der Waals surface area contributed by atoms with Gasteiger partial charge in [0, 0.05) is 41.9 Å². The van der Waals surface area contributed by atoms with Crippen molar-refractivity contribution < 1.29 is 14.6 Å². The van der Waals surface area contributed by atoms with Crippen molar-refractivity contribution in [1.82, 2.24) is 15.2 Å². The lowest BCUT2D eigenvalue weighted by atomic mass is 10.2. The normalized spacial score (nSPS) is 21.6. The standard InChI is InChI=1S/C21H27N3O3S/c1-14-4-2-9-24(14)10-3-11-27-17-7-5-15(6-8-17)20-23-18-12-16(22-21(25)26)13-19(18)28-20/h5-8,14,16,22H,2-4,9-13H2,1H3,(H,25,26). The van der Waals surface area contributed by atoms with Crippen molar-refractivity contribution in [2.75, 3.05) is 19.7 Å². The van der Waals surface area contributed by atoms with Crippen molar-refractivity contribution in [3.63, 3.8) is 0 Å². The van der Waals surface area contributed by atoms with Crippen LogP contribution in [0.4, 0.5) is 4.79 Å². The van der Waals surface area contributed by atoms with Crippen molar-refractivity contribution in [2.24, 2.45) is 0 Å². The van der Waals surface area contributed by atoms with Crippen molar-refractivity contribution in [3.05, 3.63) is 34.8 Å². The Morgan fingerprint density at radius 3 is 2.86 bits per heavy atom. The number of aromatic nitrogens is 1. The van der Waals surface area contributed by atoms with Crippen LogP contribution >= 0.6 is 11.3 Å². The fourth-order valence-electron chi connectivity index (χ4n) is 4.11. The van der Waals surface area contributed by atoms with E-state index in [1.165, 1.54) is 24.3 Å². The van der Waals surface area contributed by atoms with Gasteiger partial charge in [0.1, 0.15) is 10.8 Å². The van der Waals surface area contributed by atoms with E-state index in [-0.39, 0.29) is 6.04 Å². The average molecular weight is 402 g/mol. The number of carbonyl (C=O) groups is 1. The number of amides is 1. The summed E-state index contributed by atoms with van der Waals surface area (Å²) in [7, 11) is 0. The zero-order valence-corrected chi connectivity index (χ0v) is 17.0. The maximum absolute atomic E-state index is 10.8. The second kappa shape index (κ2) is 8.49. The van der Waals surface area contributed by atoms with E-state index in [4.69, 9.17) is 14.8 Å². The lowest BCUT2D eigenvalue weighted by Crippen LogP contribution is -2.34. The molecule has 0 bridgehead atoms. The van der Waals surface area contributed by atoms with Crippen LogP contribution in [-0.2, 0) is 12.8 Å². The number of rotatable bonds is 7. The molecule has 7 heteroatoms. The number of likely N-dealkylation sites (tertiary alicyclic amines) is 1. The minimum absolute atomic E-state index is 0.0420. The van der Waals surface area contributed by atoms with Crippen LogP contribution in [0, 0.1) is 0 Å². The number of benzene rings is 1. The number of hydrogen-bond donors (Lipinski definition) is 2. The maximum atomic E-state index is 10.8. The molecule has 1 saturated heterocycles. The summed E-state index contributed by atoms with van der Waals surface area (Å²) in [6.07, 6.45) is 4.13. The molecule has 1 aliphatic carbocycles. The Balaban J connectivity index is 1.27. The Labute approximate surface area is 169 Å². The van der Waals surface area contributed by atoms with Gasteiger partial charge in [0.15, 0.2) is 0 Å². The molecule has 1 fully saturated rings. The van der Waals surface area contributed by atoms with E-state index >= 15 is 0 Å². The van der Waals surface area contributed by atoms with E-state index in [0.717, 1.165) is 54.0 Å². The first-order chi connectivity index (χ1) is 13.6. The van der Waals surface area contributed by atoms with Gasteiger partial charge in [-0.25, -0.2) is 9.78 Å². The number of hydrogen-bond acceptors (Lipinski definition) is 5. The highest BCUT2D eigenvalue weighted by molar-refractivity contribution is 7.15. The molecule has 1 aromatic heterocycles. The van der Waals surface area contributed by atoms with Gasteiger partial charge < -0.3 is 20.1 Å². The van der Waals surface area contributed by atoms with E-state index in [9.17, 15) is 4.79 Å². The zero-order valence-electron chi connectivity index (χ0n) is 16.2. The Kier molecular flexibility index (Phi) is 5.82. The maximum Gasteiger partial charge on any atom is 0.404 e. The predicted octanol–water partition coefficient (Wildman–Crippen LogP) is 3.80. The van der Waals surface area contributed by atoms with E-state index in [0.29, 0.717) is 6.42 Å². The molecule has 2 atom stereocenters. The number of nitrogens with zero attached hydrogens (tertiary/aromatic N) is 2. The van der Waals surface area contributed by atoms with Crippen molar-refractivity contribution in [3.8, 4) is 16.3 Å². The van der Waals surface area contributed by atoms with Crippen LogP contribution in [0.15, 0.2) is 24.3 Å². The number of carboxylic acid groups (broad SMARTS) is 1. The minimum Gasteiger partial charge on any atom is -0.494 e.